The second-order valence-corrected chi connectivity index (χ2v) is 9.31. The number of likely N-dealkylation sites (tertiary alicyclic amines) is 1. The number of aryl methyl sites for hydroxylation is 1. The number of halogens is 1. The lowest BCUT2D eigenvalue weighted by molar-refractivity contribution is 0.219. The first-order valence-corrected chi connectivity index (χ1v) is 11.8. The highest BCUT2D eigenvalue weighted by molar-refractivity contribution is 5.93. The van der Waals surface area contributed by atoms with Gasteiger partial charge in [-0.2, -0.15) is 10.2 Å². The van der Waals surface area contributed by atoms with Crippen LogP contribution in [0.15, 0.2) is 54.9 Å². The van der Waals surface area contributed by atoms with E-state index in [1.807, 2.05) is 31.2 Å². The Bertz CT molecular complexity index is 1300. The zero-order chi connectivity index (χ0) is 23.5. The van der Waals surface area contributed by atoms with E-state index in [2.05, 4.69) is 43.5 Å². The number of nitrogens with zero attached hydrogens (tertiary/aromatic N) is 5. The first kappa shape index (κ1) is 22.3. The van der Waals surface area contributed by atoms with Gasteiger partial charge in [0.05, 0.1) is 17.4 Å². The van der Waals surface area contributed by atoms with Crippen LogP contribution >= 0.6 is 0 Å². The average Bonchev–Trinajstić information content (AvgIpc) is 2.81. The molecule has 1 saturated heterocycles. The van der Waals surface area contributed by atoms with Crippen LogP contribution in [0.4, 0.5) is 15.9 Å². The Morgan fingerprint density at radius 2 is 1.91 bits per heavy atom. The van der Waals surface area contributed by atoms with Gasteiger partial charge in [0.1, 0.15) is 17.5 Å². The summed E-state index contributed by atoms with van der Waals surface area (Å²) in [5.74, 6) is 1.73. The van der Waals surface area contributed by atoms with E-state index in [9.17, 15) is 4.39 Å². The van der Waals surface area contributed by atoms with Crippen LogP contribution < -0.4 is 5.32 Å². The molecule has 3 heterocycles. The third-order valence-corrected chi connectivity index (χ3v) is 6.58. The van der Waals surface area contributed by atoms with Gasteiger partial charge in [0.25, 0.3) is 0 Å². The van der Waals surface area contributed by atoms with E-state index in [4.69, 9.17) is 0 Å². The molecule has 2 aromatic carbocycles. The lowest BCUT2D eigenvalue weighted by Crippen LogP contribution is -2.30. The van der Waals surface area contributed by atoms with Crippen LogP contribution in [0.3, 0.4) is 0 Å². The zero-order valence-corrected chi connectivity index (χ0v) is 19.6. The Kier molecular flexibility index (Phi) is 6.45. The smallest absolute Gasteiger partial charge is 0.135 e. The fourth-order valence-electron chi connectivity index (χ4n) is 4.73. The summed E-state index contributed by atoms with van der Waals surface area (Å²) in [4.78, 5) is 11.5. The zero-order valence-electron chi connectivity index (χ0n) is 19.6. The molecular formula is C27H29FN6. The van der Waals surface area contributed by atoms with E-state index < -0.39 is 0 Å². The van der Waals surface area contributed by atoms with Gasteiger partial charge in [-0.15, -0.1) is 0 Å². The summed E-state index contributed by atoms with van der Waals surface area (Å²) in [6, 6.07) is 13.2. The fraction of sp³-hybridized carbons (Fsp3) is 0.333. The normalized spacial score (nSPS) is 15.0. The average molecular weight is 457 g/mol. The quantitative estimate of drug-likeness (QED) is 0.436. The van der Waals surface area contributed by atoms with Gasteiger partial charge in [-0.05, 0) is 87.1 Å². The number of hydrogen-bond acceptors (Lipinski definition) is 6. The molecule has 1 fully saturated rings. The molecule has 6 nitrogen and oxygen atoms in total. The number of aromatic nitrogens is 4. The van der Waals surface area contributed by atoms with Crippen LogP contribution in [-0.4, -0.2) is 45.2 Å². The predicted octanol–water partition coefficient (Wildman–Crippen LogP) is 5.09. The molecule has 0 unspecified atom stereocenters. The molecule has 0 bridgehead atoms. The summed E-state index contributed by atoms with van der Waals surface area (Å²) in [7, 11) is 2.16. The van der Waals surface area contributed by atoms with Crippen molar-refractivity contribution in [1.82, 2.24) is 25.1 Å². The highest BCUT2D eigenvalue weighted by Gasteiger charge is 2.17. The van der Waals surface area contributed by atoms with Crippen molar-refractivity contribution in [1.29, 1.82) is 0 Å². The first-order valence-electron chi connectivity index (χ1n) is 11.8. The third-order valence-electron chi connectivity index (χ3n) is 6.58. The molecule has 4 aromatic rings. The van der Waals surface area contributed by atoms with Gasteiger partial charge in [-0.3, -0.25) is 0 Å². The topological polar surface area (TPSA) is 66.8 Å². The van der Waals surface area contributed by atoms with E-state index in [1.165, 1.54) is 0 Å². The molecule has 2 aromatic heterocycles. The summed E-state index contributed by atoms with van der Waals surface area (Å²) in [6.45, 7) is 4.24. The number of benzene rings is 2. The third kappa shape index (κ3) is 5.20. The molecule has 5 rings (SSSR count). The summed E-state index contributed by atoms with van der Waals surface area (Å²) < 4.78 is 14.4. The Morgan fingerprint density at radius 3 is 2.76 bits per heavy atom. The summed E-state index contributed by atoms with van der Waals surface area (Å²) >= 11 is 0. The summed E-state index contributed by atoms with van der Waals surface area (Å²) in [5.41, 5.74) is 4.72. The van der Waals surface area contributed by atoms with Crippen molar-refractivity contribution >= 4 is 22.4 Å². The van der Waals surface area contributed by atoms with Crippen molar-refractivity contribution in [3.63, 3.8) is 0 Å². The van der Waals surface area contributed by atoms with Crippen molar-refractivity contribution in [3.05, 3.63) is 83.2 Å². The molecule has 0 aliphatic carbocycles. The molecule has 0 amide bonds. The van der Waals surface area contributed by atoms with Crippen molar-refractivity contribution in [3.8, 4) is 0 Å². The van der Waals surface area contributed by atoms with Crippen LogP contribution in [-0.2, 0) is 12.8 Å². The van der Waals surface area contributed by atoms with Crippen LogP contribution in [0, 0.1) is 18.7 Å². The Balaban J connectivity index is 1.33. The molecule has 34 heavy (non-hydrogen) atoms. The highest BCUT2D eigenvalue weighted by Crippen LogP contribution is 2.26. The second-order valence-electron chi connectivity index (χ2n) is 9.31. The van der Waals surface area contributed by atoms with Crippen molar-refractivity contribution < 1.29 is 4.39 Å². The molecule has 0 spiro atoms. The minimum atomic E-state index is -0.195. The maximum Gasteiger partial charge on any atom is 0.135 e. The van der Waals surface area contributed by atoms with Gasteiger partial charge in [-0.1, -0.05) is 24.3 Å². The van der Waals surface area contributed by atoms with Crippen molar-refractivity contribution in [2.24, 2.45) is 5.92 Å². The van der Waals surface area contributed by atoms with Gasteiger partial charge in [0.2, 0.25) is 0 Å². The molecule has 1 aliphatic heterocycles. The fourth-order valence-corrected chi connectivity index (χ4v) is 4.73. The Labute approximate surface area is 199 Å². The van der Waals surface area contributed by atoms with Crippen molar-refractivity contribution in [2.45, 2.75) is 32.6 Å². The molecule has 0 saturated carbocycles. The number of fused-ring (bicyclic) bond motifs is 1. The molecule has 174 valence electrons. The minimum Gasteiger partial charge on any atom is -0.338 e. The molecular weight excluding hydrogens is 427 g/mol. The lowest BCUT2D eigenvalue weighted by atomic mass is 9.89. The number of piperidine rings is 1. The van der Waals surface area contributed by atoms with E-state index in [1.54, 1.807) is 24.5 Å². The number of anilines is 2. The SMILES string of the molecule is Cc1cccc2c(Nc3ccnc(Cc4cc(F)cc(CC5CCN(C)CC5)c4)n3)cnnc12. The largest absolute Gasteiger partial charge is 0.338 e. The van der Waals surface area contributed by atoms with E-state index >= 15 is 0 Å². The first-order chi connectivity index (χ1) is 16.5. The van der Waals surface area contributed by atoms with Crippen LogP contribution in [0.2, 0.25) is 0 Å². The molecule has 0 radical (unpaired) electrons. The number of nitrogens with one attached hydrogen (secondary N) is 1. The second kappa shape index (κ2) is 9.81. The van der Waals surface area contributed by atoms with Crippen molar-refractivity contribution in [2.75, 3.05) is 25.5 Å². The number of rotatable bonds is 6. The maximum absolute atomic E-state index is 14.4. The van der Waals surface area contributed by atoms with Gasteiger partial charge in [-0.25, -0.2) is 14.4 Å². The maximum atomic E-state index is 14.4. The lowest BCUT2D eigenvalue weighted by Gasteiger charge is -2.29. The van der Waals surface area contributed by atoms with E-state index in [0.29, 0.717) is 24.0 Å². The summed E-state index contributed by atoms with van der Waals surface area (Å²) in [6.07, 6.45) is 7.15. The molecule has 0 atom stereocenters. The standard InChI is InChI=1S/C27H29FN6/c1-18-4-3-5-23-24(17-30-33-27(18)23)31-25-6-9-29-26(32-25)16-21-13-20(14-22(28)15-21)12-19-7-10-34(2)11-8-19/h3-6,9,13-15,17,19H,7-8,10-12,16H2,1-2H3,(H,29,31,32,33). The Morgan fingerprint density at radius 1 is 1.09 bits per heavy atom. The molecule has 1 N–H and O–H groups in total. The van der Waals surface area contributed by atoms with Gasteiger partial charge in [0, 0.05) is 18.0 Å². The van der Waals surface area contributed by atoms with E-state index in [-0.39, 0.29) is 5.82 Å². The molecule has 7 heteroatoms. The predicted molar refractivity (Wildman–Crippen MR) is 133 cm³/mol. The number of hydrogen-bond donors (Lipinski definition) is 1. The van der Waals surface area contributed by atoms with Crippen LogP contribution in [0.25, 0.3) is 10.9 Å². The van der Waals surface area contributed by atoms with Crippen LogP contribution in [0.5, 0.6) is 0 Å². The van der Waals surface area contributed by atoms with Gasteiger partial charge in [0.15, 0.2) is 0 Å². The highest BCUT2D eigenvalue weighted by atomic mass is 19.1. The summed E-state index contributed by atoms with van der Waals surface area (Å²) in [5, 5.41) is 12.7. The monoisotopic (exact) mass is 456 g/mol. The van der Waals surface area contributed by atoms with Crippen LogP contribution in [0.1, 0.15) is 35.4 Å². The minimum absolute atomic E-state index is 0.195. The Hall–Kier alpha value is -3.45. The van der Waals surface area contributed by atoms with E-state index in [0.717, 1.165) is 65.6 Å². The molecule has 1 aliphatic rings. The van der Waals surface area contributed by atoms with Gasteiger partial charge < -0.3 is 10.2 Å². The van der Waals surface area contributed by atoms with Gasteiger partial charge >= 0.3 is 0 Å².